The molecule has 0 aliphatic carbocycles. The zero-order valence-electron chi connectivity index (χ0n) is 16.4. The van der Waals surface area contributed by atoms with Crippen molar-refractivity contribution >= 4 is 29.5 Å². The van der Waals surface area contributed by atoms with Crippen molar-refractivity contribution in [1.82, 2.24) is 19.7 Å². The van der Waals surface area contributed by atoms with Crippen molar-refractivity contribution in [3.05, 3.63) is 59.5 Å². The van der Waals surface area contributed by atoms with E-state index in [0.717, 1.165) is 42.8 Å². The lowest BCUT2D eigenvalue weighted by atomic mass is 10.1. The van der Waals surface area contributed by atoms with Crippen LogP contribution in [0.2, 0.25) is 0 Å². The number of carbonyl (C=O) groups is 2. The predicted molar refractivity (Wildman–Crippen MR) is 112 cm³/mol. The maximum atomic E-state index is 12.5. The monoisotopic (exact) mass is 423 g/mol. The van der Waals surface area contributed by atoms with Crippen LogP contribution in [-0.4, -0.2) is 56.9 Å². The van der Waals surface area contributed by atoms with E-state index < -0.39 is 0 Å². The van der Waals surface area contributed by atoms with E-state index >= 15 is 0 Å². The fourth-order valence-electron chi connectivity index (χ4n) is 3.91. The van der Waals surface area contributed by atoms with Crippen LogP contribution < -0.4 is 4.90 Å². The fraction of sp³-hybridized carbons (Fsp3) is 0.333. The maximum absolute atomic E-state index is 12.5. The molecule has 0 spiro atoms. The van der Waals surface area contributed by atoms with Crippen molar-refractivity contribution in [2.24, 2.45) is 0 Å². The van der Waals surface area contributed by atoms with Crippen LogP contribution in [0.25, 0.3) is 0 Å². The van der Waals surface area contributed by atoms with E-state index in [1.165, 1.54) is 16.7 Å². The quantitative estimate of drug-likeness (QED) is 0.427. The Balaban J connectivity index is 1.30. The molecule has 2 amide bonds. The molecule has 0 radical (unpaired) electrons. The van der Waals surface area contributed by atoms with Gasteiger partial charge in [-0.2, -0.15) is 0 Å². The molecule has 30 heavy (non-hydrogen) atoms. The van der Waals surface area contributed by atoms with Crippen LogP contribution in [0, 0.1) is 0 Å². The number of hydrogen-bond donors (Lipinski definition) is 0. The summed E-state index contributed by atoms with van der Waals surface area (Å²) in [5.74, 6) is 1.75. The Morgan fingerprint density at radius 3 is 2.37 bits per heavy atom. The van der Waals surface area contributed by atoms with Gasteiger partial charge in [-0.15, -0.1) is 10.2 Å². The summed E-state index contributed by atoms with van der Waals surface area (Å²) in [6.45, 7) is 2.80. The van der Waals surface area contributed by atoms with Crippen molar-refractivity contribution in [2.75, 3.05) is 30.3 Å². The van der Waals surface area contributed by atoms with Gasteiger partial charge in [0, 0.05) is 25.4 Å². The molecule has 0 unspecified atom stereocenters. The minimum atomic E-state index is -0.231. The number of aromatic nitrogens is 3. The van der Waals surface area contributed by atoms with Crippen molar-refractivity contribution in [3.63, 3.8) is 0 Å². The average Bonchev–Trinajstić information content (AvgIpc) is 3.55. The second-order valence-corrected chi connectivity index (χ2v) is 8.36. The van der Waals surface area contributed by atoms with Crippen LogP contribution in [0.4, 0.5) is 5.95 Å². The molecule has 0 saturated carbocycles. The molecule has 5 rings (SSSR count). The lowest BCUT2D eigenvalue weighted by Crippen LogP contribution is -2.31. The number of fused-ring (bicyclic) bond motifs is 1. The van der Waals surface area contributed by atoms with Gasteiger partial charge in [-0.1, -0.05) is 23.9 Å². The number of carbonyl (C=O) groups excluding carboxylic acids is 2. The van der Waals surface area contributed by atoms with Gasteiger partial charge in [-0.3, -0.25) is 19.1 Å². The van der Waals surface area contributed by atoms with Gasteiger partial charge in [-0.05, 0) is 37.1 Å². The molecule has 1 saturated heterocycles. The van der Waals surface area contributed by atoms with Crippen molar-refractivity contribution < 1.29 is 14.0 Å². The molecule has 0 N–H and O–H groups in total. The number of benzene rings is 1. The number of furan rings is 1. The van der Waals surface area contributed by atoms with Gasteiger partial charge in [0.2, 0.25) is 5.95 Å². The van der Waals surface area contributed by atoms with E-state index in [1.807, 2.05) is 12.1 Å². The molecule has 154 valence electrons. The summed E-state index contributed by atoms with van der Waals surface area (Å²) in [5.41, 5.74) is 0.953. The summed E-state index contributed by atoms with van der Waals surface area (Å²) < 4.78 is 7.58. The number of thioether (sulfide) groups is 1. The minimum Gasteiger partial charge on any atom is -0.467 e. The molecule has 4 heterocycles. The van der Waals surface area contributed by atoms with Crippen molar-refractivity contribution in [1.29, 1.82) is 0 Å². The molecule has 1 aromatic carbocycles. The third-order valence-electron chi connectivity index (χ3n) is 5.40. The van der Waals surface area contributed by atoms with E-state index in [4.69, 9.17) is 4.42 Å². The van der Waals surface area contributed by atoms with Crippen molar-refractivity contribution in [2.45, 2.75) is 24.5 Å². The smallest absolute Gasteiger partial charge is 0.261 e. The van der Waals surface area contributed by atoms with Crippen LogP contribution in [0.5, 0.6) is 0 Å². The fourth-order valence-corrected chi connectivity index (χ4v) is 4.76. The second kappa shape index (κ2) is 7.98. The van der Waals surface area contributed by atoms with E-state index in [-0.39, 0.29) is 11.8 Å². The lowest BCUT2D eigenvalue weighted by Gasteiger charge is -2.18. The first-order valence-electron chi connectivity index (χ1n) is 10.0. The first-order chi connectivity index (χ1) is 14.7. The highest BCUT2D eigenvalue weighted by Gasteiger charge is 2.34. The number of hydrogen-bond acceptors (Lipinski definition) is 7. The van der Waals surface area contributed by atoms with Gasteiger partial charge < -0.3 is 9.32 Å². The zero-order chi connectivity index (χ0) is 20.5. The molecule has 3 aromatic rings. The predicted octanol–water partition coefficient (Wildman–Crippen LogP) is 2.91. The Morgan fingerprint density at radius 2 is 1.70 bits per heavy atom. The summed E-state index contributed by atoms with van der Waals surface area (Å²) in [6, 6.07) is 10.7. The number of imide groups is 1. The summed E-state index contributed by atoms with van der Waals surface area (Å²) in [4.78, 5) is 28.7. The number of amides is 2. The Labute approximate surface area is 177 Å². The van der Waals surface area contributed by atoms with Gasteiger partial charge in [0.15, 0.2) is 5.16 Å². The normalized spacial score (nSPS) is 16.0. The molecule has 9 heteroatoms. The lowest BCUT2D eigenvalue weighted by molar-refractivity contribution is 0.0664. The minimum absolute atomic E-state index is 0.231. The third kappa shape index (κ3) is 3.39. The largest absolute Gasteiger partial charge is 0.467 e. The van der Waals surface area contributed by atoms with E-state index in [1.54, 1.807) is 30.5 Å². The standard InChI is InChI=1S/C21H21N5O3S/c27-18-16-7-1-2-8-17(16)19(28)25(18)11-13-30-21-23-22-20(24-9-3-4-10-24)26(21)14-15-6-5-12-29-15/h1-2,5-8,12H,3-4,9-11,13-14H2. The topological polar surface area (TPSA) is 84.5 Å². The molecule has 2 aliphatic rings. The van der Waals surface area contributed by atoms with Crippen LogP contribution in [0.1, 0.15) is 39.3 Å². The van der Waals surface area contributed by atoms with Gasteiger partial charge in [0.25, 0.3) is 11.8 Å². The Hall–Kier alpha value is -3.07. The first kappa shape index (κ1) is 18.9. The Morgan fingerprint density at radius 1 is 0.967 bits per heavy atom. The molecule has 2 aliphatic heterocycles. The highest BCUT2D eigenvalue weighted by Crippen LogP contribution is 2.27. The molecule has 1 fully saturated rings. The van der Waals surface area contributed by atoms with E-state index in [0.29, 0.717) is 30.0 Å². The SMILES string of the molecule is O=C1c2ccccc2C(=O)N1CCSc1nnc(N2CCCC2)n1Cc1ccco1. The summed E-state index contributed by atoms with van der Waals surface area (Å²) in [5, 5.41) is 9.56. The van der Waals surface area contributed by atoms with Crippen LogP contribution >= 0.6 is 11.8 Å². The maximum Gasteiger partial charge on any atom is 0.261 e. The highest BCUT2D eigenvalue weighted by molar-refractivity contribution is 7.99. The summed E-state index contributed by atoms with van der Waals surface area (Å²) >= 11 is 1.49. The third-order valence-corrected chi connectivity index (χ3v) is 6.35. The zero-order valence-corrected chi connectivity index (χ0v) is 17.2. The summed E-state index contributed by atoms with van der Waals surface area (Å²) in [6.07, 6.45) is 3.95. The van der Waals surface area contributed by atoms with E-state index in [9.17, 15) is 9.59 Å². The summed E-state index contributed by atoms with van der Waals surface area (Å²) in [7, 11) is 0. The highest BCUT2D eigenvalue weighted by atomic mass is 32.2. The van der Waals surface area contributed by atoms with Crippen LogP contribution in [0.3, 0.4) is 0 Å². The van der Waals surface area contributed by atoms with Gasteiger partial charge >= 0.3 is 0 Å². The van der Waals surface area contributed by atoms with Crippen LogP contribution in [0.15, 0.2) is 52.2 Å². The number of anilines is 1. The Kier molecular flexibility index (Phi) is 5.04. The molecule has 0 atom stereocenters. The average molecular weight is 423 g/mol. The number of nitrogens with zero attached hydrogens (tertiary/aromatic N) is 5. The van der Waals surface area contributed by atoms with E-state index in [2.05, 4.69) is 19.7 Å². The van der Waals surface area contributed by atoms with Gasteiger partial charge in [0.1, 0.15) is 5.76 Å². The van der Waals surface area contributed by atoms with Gasteiger partial charge in [0.05, 0.1) is 23.9 Å². The molecular formula is C21H21N5O3S. The second-order valence-electron chi connectivity index (χ2n) is 7.30. The first-order valence-corrected chi connectivity index (χ1v) is 11.0. The molecule has 2 aromatic heterocycles. The number of rotatable bonds is 7. The molecule has 0 bridgehead atoms. The van der Waals surface area contributed by atoms with Crippen LogP contribution in [-0.2, 0) is 6.54 Å². The molecule has 8 nitrogen and oxygen atoms in total. The van der Waals surface area contributed by atoms with Gasteiger partial charge in [-0.25, -0.2) is 0 Å². The Bertz CT molecular complexity index is 1040. The van der Waals surface area contributed by atoms with Crippen molar-refractivity contribution in [3.8, 4) is 0 Å². The molecular weight excluding hydrogens is 402 g/mol.